The Morgan fingerprint density at radius 1 is 1.10 bits per heavy atom. The van der Waals surface area contributed by atoms with Gasteiger partial charge in [-0.05, 0) is 51.0 Å². The monoisotopic (exact) mass is 399 g/mol. The molecule has 0 heterocycles. The molecule has 0 bridgehead atoms. The summed E-state index contributed by atoms with van der Waals surface area (Å²) < 4.78 is 0. The van der Waals surface area contributed by atoms with Crippen LogP contribution in [0.4, 0.5) is 0 Å². The first-order chi connectivity index (χ1) is 13.7. The van der Waals surface area contributed by atoms with Crippen LogP contribution in [0.1, 0.15) is 53.9 Å². The Kier molecular flexibility index (Phi) is 10.4. The van der Waals surface area contributed by atoms with Crippen molar-refractivity contribution in [2.24, 2.45) is 11.1 Å². The number of amides is 2. The molecule has 29 heavy (non-hydrogen) atoms. The van der Waals surface area contributed by atoms with Gasteiger partial charge in [-0.1, -0.05) is 67.0 Å². The van der Waals surface area contributed by atoms with E-state index in [0.29, 0.717) is 6.54 Å². The quantitative estimate of drug-likeness (QED) is 0.517. The summed E-state index contributed by atoms with van der Waals surface area (Å²) in [5.41, 5.74) is 10.6. The van der Waals surface area contributed by atoms with Crippen LogP contribution in [0, 0.1) is 5.41 Å². The number of allylic oxidation sites excluding steroid dienone is 9. The number of carbonyl (C=O) groups excluding carboxylic acids is 2. The summed E-state index contributed by atoms with van der Waals surface area (Å²) >= 11 is 0. The van der Waals surface area contributed by atoms with Gasteiger partial charge in [0.25, 0.3) is 0 Å². The molecule has 5 heteroatoms. The molecule has 0 atom stereocenters. The highest BCUT2D eigenvalue weighted by molar-refractivity contribution is 5.85. The standard InChI is InChI=1S/C24H37N3O2/c1-18(11-12-21-20(3)10-7-14-24(21,4)5)8-6-9-19(2)13-15-26-23(29)17-27-22(28)16-25/h6,8-9,11-13H,7,10,14-17,25H2,1-5H3,(H,26,29)(H,27,28)/b9-6+,12-11+,18-8+,19-13+. The van der Waals surface area contributed by atoms with Crippen molar-refractivity contribution in [3.05, 3.63) is 58.7 Å². The van der Waals surface area contributed by atoms with Crippen molar-refractivity contribution in [3.8, 4) is 0 Å². The summed E-state index contributed by atoms with van der Waals surface area (Å²) in [5, 5.41) is 5.16. The second-order valence-electron chi connectivity index (χ2n) is 8.27. The predicted octanol–water partition coefficient (Wildman–Crippen LogP) is 3.71. The topological polar surface area (TPSA) is 84.2 Å². The minimum Gasteiger partial charge on any atom is -0.351 e. The van der Waals surface area contributed by atoms with Crippen LogP contribution in [-0.2, 0) is 9.59 Å². The largest absolute Gasteiger partial charge is 0.351 e. The van der Waals surface area contributed by atoms with Gasteiger partial charge in [-0.2, -0.15) is 0 Å². The van der Waals surface area contributed by atoms with Crippen LogP contribution in [0.5, 0.6) is 0 Å². The summed E-state index contributed by atoms with van der Waals surface area (Å²) in [6.45, 7) is 11.2. The fraction of sp³-hybridized carbons (Fsp3) is 0.500. The van der Waals surface area contributed by atoms with Gasteiger partial charge in [-0.3, -0.25) is 9.59 Å². The van der Waals surface area contributed by atoms with Crippen LogP contribution in [0.25, 0.3) is 0 Å². The van der Waals surface area contributed by atoms with E-state index in [4.69, 9.17) is 5.73 Å². The Labute approximate surface area is 175 Å². The molecular formula is C24H37N3O2. The van der Waals surface area contributed by atoms with Gasteiger partial charge < -0.3 is 16.4 Å². The Morgan fingerprint density at radius 2 is 1.83 bits per heavy atom. The fourth-order valence-corrected chi connectivity index (χ4v) is 3.34. The molecule has 0 aliphatic heterocycles. The highest BCUT2D eigenvalue weighted by Gasteiger charge is 2.26. The average Bonchev–Trinajstić information content (AvgIpc) is 2.65. The van der Waals surface area contributed by atoms with E-state index in [9.17, 15) is 9.59 Å². The minimum absolute atomic E-state index is 0.0558. The predicted molar refractivity (Wildman–Crippen MR) is 121 cm³/mol. The molecule has 0 radical (unpaired) electrons. The lowest BCUT2D eigenvalue weighted by Crippen LogP contribution is -2.39. The third-order valence-electron chi connectivity index (χ3n) is 5.13. The Hall–Kier alpha value is -2.40. The highest BCUT2D eigenvalue weighted by atomic mass is 16.2. The van der Waals surface area contributed by atoms with Gasteiger partial charge >= 0.3 is 0 Å². The van der Waals surface area contributed by atoms with Crippen LogP contribution in [0.3, 0.4) is 0 Å². The lowest BCUT2D eigenvalue weighted by atomic mass is 9.72. The van der Waals surface area contributed by atoms with Gasteiger partial charge in [0.05, 0.1) is 13.1 Å². The molecule has 0 unspecified atom stereocenters. The first kappa shape index (κ1) is 24.6. The number of hydrogen-bond donors (Lipinski definition) is 3. The molecule has 0 spiro atoms. The Balaban J connectivity index is 2.51. The second-order valence-corrected chi connectivity index (χ2v) is 8.27. The van der Waals surface area contributed by atoms with Crippen LogP contribution in [-0.4, -0.2) is 31.4 Å². The fourth-order valence-electron chi connectivity index (χ4n) is 3.34. The zero-order valence-electron chi connectivity index (χ0n) is 18.6. The van der Waals surface area contributed by atoms with Crippen LogP contribution in [0.2, 0.25) is 0 Å². The van der Waals surface area contributed by atoms with E-state index in [-0.39, 0.29) is 30.3 Å². The molecule has 0 fully saturated rings. The number of hydrogen-bond acceptors (Lipinski definition) is 3. The second kappa shape index (κ2) is 12.2. The summed E-state index contributed by atoms with van der Waals surface area (Å²) in [4.78, 5) is 22.6. The van der Waals surface area contributed by atoms with E-state index in [1.54, 1.807) is 0 Å². The number of nitrogens with two attached hydrogens (primary N) is 1. The van der Waals surface area contributed by atoms with Crippen LogP contribution < -0.4 is 16.4 Å². The van der Waals surface area contributed by atoms with Crippen molar-refractivity contribution in [3.63, 3.8) is 0 Å². The van der Waals surface area contributed by atoms with Crippen molar-refractivity contribution >= 4 is 11.8 Å². The zero-order chi connectivity index (χ0) is 21.9. The van der Waals surface area contributed by atoms with Crippen molar-refractivity contribution in [2.45, 2.75) is 53.9 Å². The first-order valence-corrected chi connectivity index (χ1v) is 10.3. The molecule has 0 aromatic carbocycles. The molecule has 0 aromatic heterocycles. The summed E-state index contributed by atoms with van der Waals surface area (Å²) in [6.07, 6.45) is 16.2. The van der Waals surface area contributed by atoms with Crippen molar-refractivity contribution in [2.75, 3.05) is 19.6 Å². The lowest BCUT2D eigenvalue weighted by Gasteiger charge is -2.32. The van der Waals surface area contributed by atoms with Crippen LogP contribution in [0.15, 0.2) is 58.7 Å². The van der Waals surface area contributed by atoms with Crippen LogP contribution >= 0.6 is 0 Å². The normalized spacial score (nSPS) is 17.9. The van der Waals surface area contributed by atoms with Gasteiger partial charge in [0.2, 0.25) is 11.8 Å². The molecule has 1 rings (SSSR count). The van der Waals surface area contributed by atoms with Gasteiger partial charge in [-0.25, -0.2) is 0 Å². The van der Waals surface area contributed by atoms with Gasteiger partial charge in [0, 0.05) is 6.54 Å². The molecule has 4 N–H and O–H groups in total. The lowest BCUT2D eigenvalue weighted by molar-refractivity contribution is -0.125. The van der Waals surface area contributed by atoms with Gasteiger partial charge in [-0.15, -0.1) is 0 Å². The van der Waals surface area contributed by atoms with Gasteiger partial charge in [0.15, 0.2) is 0 Å². The van der Waals surface area contributed by atoms with E-state index in [2.05, 4.69) is 56.6 Å². The maximum absolute atomic E-state index is 11.6. The molecular weight excluding hydrogens is 362 g/mol. The average molecular weight is 400 g/mol. The molecule has 1 aliphatic carbocycles. The molecule has 0 aromatic rings. The summed E-state index contributed by atoms with van der Waals surface area (Å²) in [5.74, 6) is -0.583. The van der Waals surface area contributed by atoms with E-state index in [0.717, 1.165) is 5.57 Å². The Morgan fingerprint density at radius 3 is 2.48 bits per heavy atom. The SMILES string of the molecule is CC1=C(/C=C/C(C)=C/C=C/C(C)=C/CNC(=O)CNC(=O)CN)C(C)(C)CCC1. The molecule has 5 nitrogen and oxygen atoms in total. The maximum Gasteiger partial charge on any atom is 0.239 e. The van der Waals surface area contributed by atoms with Gasteiger partial charge in [0.1, 0.15) is 0 Å². The first-order valence-electron chi connectivity index (χ1n) is 10.3. The summed E-state index contributed by atoms with van der Waals surface area (Å²) in [7, 11) is 0. The molecule has 0 saturated carbocycles. The maximum atomic E-state index is 11.6. The molecule has 1 aliphatic rings. The number of rotatable bonds is 9. The minimum atomic E-state index is -0.343. The van der Waals surface area contributed by atoms with Crippen molar-refractivity contribution < 1.29 is 9.59 Å². The number of carbonyl (C=O) groups is 2. The number of nitrogens with one attached hydrogen (secondary N) is 2. The zero-order valence-corrected chi connectivity index (χ0v) is 18.6. The Bertz CT molecular complexity index is 737. The highest BCUT2D eigenvalue weighted by Crippen LogP contribution is 2.40. The van der Waals surface area contributed by atoms with E-state index < -0.39 is 0 Å². The molecule has 0 saturated heterocycles. The smallest absolute Gasteiger partial charge is 0.239 e. The van der Waals surface area contributed by atoms with Crippen molar-refractivity contribution in [1.29, 1.82) is 0 Å². The molecule has 160 valence electrons. The van der Waals surface area contributed by atoms with E-state index in [1.165, 1.54) is 36.0 Å². The third-order valence-corrected chi connectivity index (χ3v) is 5.13. The summed E-state index contributed by atoms with van der Waals surface area (Å²) in [6, 6.07) is 0. The van der Waals surface area contributed by atoms with E-state index >= 15 is 0 Å². The third kappa shape index (κ3) is 9.57. The van der Waals surface area contributed by atoms with Crippen molar-refractivity contribution in [1.82, 2.24) is 10.6 Å². The van der Waals surface area contributed by atoms with E-state index in [1.807, 2.05) is 25.2 Å². The molecule has 2 amide bonds.